The van der Waals surface area contributed by atoms with Crippen molar-refractivity contribution in [1.82, 2.24) is 15.1 Å². The third-order valence-electron chi connectivity index (χ3n) is 1.36. The minimum Gasteiger partial charge on any atom is -0.244 e. The largest absolute Gasteiger partial charge is 0.244 e. The fourth-order valence-electron chi connectivity index (χ4n) is 0.936. The molecule has 0 saturated carbocycles. The zero-order valence-corrected chi connectivity index (χ0v) is 5.57. The van der Waals surface area contributed by atoms with E-state index in [0.717, 1.165) is 11.0 Å². The van der Waals surface area contributed by atoms with Gasteiger partial charge in [0.1, 0.15) is 11.7 Å². The molecule has 0 aliphatic heterocycles. The number of H-pyrrole nitrogens is 1. The number of nitrogens with zero attached hydrogens (tertiary/aromatic N) is 3. The maximum absolute atomic E-state index is 4.01. The molecule has 2 aromatic heterocycles. The monoisotopic (exact) mass is 135 g/mol. The first kappa shape index (κ1) is 5.34. The molecule has 0 aromatic carbocycles. The Morgan fingerprint density at radius 2 is 2.50 bits per heavy atom. The molecule has 0 fully saturated rings. The molecule has 2 aromatic rings. The average molecular weight is 135 g/mol. The molecular weight excluding hydrogens is 128 g/mol. The second-order valence-electron chi connectivity index (χ2n) is 2.18. The summed E-state index contributed by atoms with van der Waals surface area (Å²) in [6.45, 7) is 0. The van der Waals surface area contributed by atoms with Crippen molar-refractivity contribution in [3.05, 3.63) is 18.7 Å². The van der Waals surface area contributed by atoms with Gasteiger partial charge in [-0.2, -0.15) is 0 Å². The smallest absolute Gasteiger partial charge is 0.206 e. The van der Waals surface area contributed by atoms with E-state index in [1.807, 2.05) is 17.9 Å². The van der Waals surface area contributed by atoms with Crippen LogP contribution in [0.15, 0.2) is 18.7 Å². The minimum absolute atomic E-state index is 0.873. The number of rotatable bonds is 0. The van der Waals surface area contributed by atoms with Gasteiger partial charge in [-0.15, -0.1) is 9.78 Å². The number of hydrogen-bond donors (Lipinski definition) is 1. The second kappa shape index (κ2) is 1.76. The van der Waals surface area contributed by atoms with Gasteiger partial charge in [0.25, 0.3) is 0 Å². The van der Waals surface area contributed by atoms with Crippen molar-refractivity contribution >= 4 is 11.0 Å². The summed E-state index contributed by atoms with van der Waals surface area (Å²) >= 11 is 0. The zero-order chi connectivity index (χ0) is 6.97. The lowest BCUT2D eigenvalue weighted by Gasteiger charge is -1.77. The van der Waals surface area contributed by atoms with Crippen LogP contribution in [0.25, 0.3) is 11.0 Å². The number of aromatic nitrogens is 4. The number of nitrogens with one attached hydrogen (secondary N) is 1. The fraction of sp³-hybridized carbons (Fsp3) is 0.167. The Kier molecular flexibility index (Phi) is 0.943. The molecule has 4 heteroatoms. The summed E-state index contributed by atoms with van der Waals surface area (Å²) in [7, 11) is 1.92. The first-order chi connectivity index (χ1) is 4.86. The summed E-state index contributed by atoms with van der Waals surface area (Å²) in [4.78, 5) is 7.90. The SMILES string of the molecule is C[n+]1cc2cncnc2[nH]1. The van der Waals surface area contributed by atoms with Gasteiger partial charge >= 0.3 is 0 Å². The Morgan fingerprint density at radius 3 is 3.30 bits per heavy atom. The van der Waals surface area contributed by atoms with Crippen LogP contribution >= 0.6 is 0 Å². The van der Waals surface area contributed by atoms with E-state index in [1.54, 1.807) is 6.20 Å². The third kappa shape index (κ3) is 0.655. The minimum atomic E-state index is 0.873. The van der Waals surface area contributed by atoms with Gasteiger partial charge in [0.15, 0.2) is 7.05 Å². The molecule has 0 spiro atoms. The molecule has 0 saturated heterocycles. The van der Waals surface area contributed by atoms with Gasteiger partial charge in [0.2, 0.25) is 11.8 Å². The van der Waals surface area contributed by atoms with Gasteiger partial charge < -0.3 is 0 Å². The lowest BCUT2D eigenvalue weighted by atomic mass is 10.5. The quantitative estimate of drug-likeness (QED) is 0.508. The molecule has 4 nitrogen and oxygen atoms in total. The number of aryl methyl sites for hydroxylation is 1. The highest BCUT2D eigenvalue weighted by molar-refractivity contribution is 5.70. The Balaban J connectivity index is 2.88. The summed E-state index contributed by atoms with van der Waals surface area (Å²) in [6.07, 6.45) is 5.24. The van der Waals surface area contributed by atoms with Crippen LogP contribution in [0.4, 0.5) is 0 Å². The maximum atomic E-state index is 4.01. The van der Waals surface area contributed by atoms with Gasteiger partial charge in [-0.3, -0.25) is 0 Å². The van der Waals surface area contributed by atoms with Crippen LogP contribution < -0.4 is 4.68 Å². The van der Waals surface area contributed by atoms with Crippen molar-refractivity contribution in [3.8, 4) is 0 Å². The average Bonchev–Trinajstić information content (AvgIpc) is 2.27. The standard InChI is InChI=1S/C6H6N4/c1-10-3-5-2-7-4-8-6(5)9-10/h2-4H,1H3/p+1. The first-order valence-corrected chi connectivity index (χ1v) is 3.00. The van der Waals surface area contributed by atoms with E-state index < -0.39 is 0 Å². The second-order valence-corrected chi connectivity index (χ2v) is 2.18. The van der Waals surface area contributed by atoms with Crippen LogP contribution in [0.1, 0.15) is 0 Å². The van der Waals surface area contributed by atoms with Crippen molar-refractivity contribution in [1.29, 1.82) is 0 Å². The number of aromatic amines is 1. The van der Waals surface area contributed by atoms with Crippen molar-refractivity contribution in [2.24, 2.45) is 7.05 Å². The van der Waals surface area contributed by atoms with Crippen LogP contribution in [0, 0.1) is 0 Å². The zero-order valence-electron chi connectivity index (χ0n) is 5.57. The van der Waals surface area contributed by atoms with E-state index in [9.17, 15) is 0 Å². The molecule has 2 rings (SSSR count). The molecule has 0 unspecified atom stereocenters. The molecule has 0 aliphatic rings. The summed E-state index contributed by atoms with van der Waals surface area (Å²) in [5.74, 6) is 0. The van der Waals surface area contributed by atoms with Gasteiger partial charge in [-0.1, -0.05) is 0 Å². The first-order valence-electron chi connectivity index (χ1n) is 3.00. The normalized spacial score (nSPS) is 10.5. The predicted molar refractivity (Wildman–Crippen MR) is 35.1 cm³/mol. The Bertz CT molecular complexity index is 318. The van der Waals surface area contributed by atoms with E-state index in [4.69, 9.17) is 0 Å². The lowest BCUT2D eigenvalue weighted by molar-refractivity contribution is -0.724. The van der Waals surface area contributed by atoms with Crippen molar-refractivity contribution in [2.75, 3.05) is 0 Å². The van der Waals surface area contributed by atoms with Crippen LogP contribution in [0.5, 0.6) is 0 Å². The van der Waals surface area contributed by atoms with Crippen molar-refractivity contribution in [2.45, 2.75) is 0 Å². The van der Waals surface area contributed by atoms with Crippen LogP contribution in [-0.2, 0) is 7.05 Å². The lowest BCUT2D eigenvalue weighted by Crippen LogP contribution is -2.28. The number of hydrogen-bond acceptors (Lipinski definition) is 2. The Labute approximate surface area is 57.5 Å². The highest BCUT2D eigenvalue weighted by Crippen LogP contribution is 2.00. The van der Waals surface area contributed by atoms with E-state index in [0.29, 0.717) is 0 Å². The van der Waals surface area contributed by atoms with Gasteiger partial charge in [-0.05, 0) is 0 Å². The highest BCUT2D eigenvalue weighted by atomic mass is 15.3. The molecule has 0 bridgehead atoms. The van der Waals surface area contributed by atoms with Crippen LogP contribution in [-0.4, -0.2) is 15.1 Å². The van der Waals surface area contributed by atoms with E-state index in [1.165, 1.54) is 6.33 Å². The predicted octanol–water partition coefficient (Wildman–Crippen LogP) is -0.218. The molecule has 0 atom stereocenters. The van der Waals surface area contributed by atoms with Crippen LogP contribution in [0.2, 0.25) is 0 Å². The summed E-state index contributed by atoms with van der Waals surface area (Å²) in [6, 6.07) is 0. The van der Waals surface area contributed by atoms with Gasteiger partial charge in [0, 0.05) is 6.20 Å². The van der Waals surface area contributed by atoms with Gasteiger partial charge in [0.05, 0.1) is 0 Å². The topological polar surface area (TPSA) is 45.5 Å². The maximum Gasteiger partial charge on any atom is 0.206 e. The molecular formula is C6H7N4+. The molecule has 0 aliphatic carbocycles. The third-order valence-corrected chi connectivity index (χ3v) is 1.36. The van der Waals surface area contributed by atoms with Crippen molar-refractivity contribution in [3.63, 3.8) is 0 Å². The summed E-state index contributed by atoms with van der Waals surface area (Å²) < 4.78 is 1.85. The van der Waals surface area contributed by atoms with E-state index in [-0.39, 0.29) is 0 Å². The molecule has 2 heterocycles. The number of fused-ring (bicyclic) bond motifs is 1. The van der Waals surface area contributed by atoms with E-state index >= 15 is 0 Å². The van der Waals surface area contributed by atoms with Crippen molar-refractivity contribution < 1.29 is 4.68 Å². The van der Waals surface area contributed by atoms with Crippen LogP contribution in [0.3, 0.4) is 0 Å². The molecule has 1 N–H and O–H groups in total. The summed E-state index contributed by atoms with van der Waals surface area (Å²) in [5, 5.41) is 4.06. The highest BCUT2D eigenvalue weighted by Gasteiger charge is 2.01. The van der Waals surface area contributed by atoms with E-state index in [2.05, 4.69) is 15.1 Å². The molecule has 10 heavy (non-hydrogen) atoms. The fourth-order valence-corrected chi connectivity index (χ4v) is 0.936. The Hall–Kier alpha value is -1.45. The molecule has 0 radical (unpaired) electrons. The summed E-state index contributed by atoms with van der Waals surface area (Å²) in [5.41, 5.74) is 0.873. The Morgan fingerprint density at radius 1 is 1.60 bits per heavy atom. The van der Waals surface area contributed by atoms with Gasteiger partial charge in [-0.25, -0.2) is 9.97 Å². The molecule has 0 amide bonds. The molecule has 50 valence electrons.